The standard InChI is InChI=1S/C15H25FN2O6Si/c1-14(2,3)24-11-10(20)9(7-19)23-15(11,25(4)5)18-6-8(16)12(21)17-13(18)22/h6,9-11,19-20,25H,7H2,1-5H3,(H,17,21,22)/t9-,10-,11-,15+/m1/s1. The fourth-order valence-corrected chi connectivity index (χ4v) is 5.26. The summed E-state index contributed by atoms with van der Waals surface area (Å²) in [4.78, 5) is 25.7. The van der Waals surface area contributed by atoms with E-state index < -0.39 is 61.7 Å². The highest BCUT2D eigenvalue weighted by Gasteiger charge is 2.60. The number of hydrogen-bond donors (Lipinski definition) is 3. The number of H-pyrrole nitrogens is 1. The van der Waals surface area contributed by atoms with Crippen molar-refractivity contribution in [1.29, 1.82) is 0 Å². The van der Waals surface area contributed by atoms with Crippen LogP contribution in [0.3, 0.4) is 0 Å². The van der Waals surface area contributed by atoms with Gasteiger partial charge in [0.1, 0.15) is 18.3 Å². The molecule has 0 aromatic carbocycles. The van der Waals surface area contributed by atoms with E-state index in [9.17, 15) is 24.2 Å². The molecule has 1 fully saturated rings. The lowest BCUT2D eigenvalue weighted by Crippen LogP contribution is -2.60. The molecule has 1 aromatic rings. The summed E-state index contributed by atoms with van der Waals surface area (Å²) in [5.41, 5.74) is -2.69. The van der Waals surface area contributed by atoms with E-state index in [1.54, 1.807) is 20.8 Å². The van der Waals surface area contributed by atoms with Crippen molar-refractivity contribution in [3.8, 4) is 0 Å². The number of aliphatic hydroxyl groups is 2. The van der Waals surface area contributed by atoms with E-state index in [4.69, 9.17) is 9.47 Å². The Hall–Kier alpha value is -1.33. The van der Waals surface area contributed by atoms with Crippen molar-refractivity contribution in [3.05, 3.63) is 32.9 Å². The molecule has 0 aliphatic carbocycles. The zero-order valence-electron chi connectivity index (χ0n) is 14.9. The predicted octanol–water partition coefficient (Wildman–Crippen LogP) is -0.710. The monoisotopic (exact) mass is 376 g/mol. The van der Waals surface area contributed by atoms with Crippen molar-refractivity contribution >= 4 is 8.80 Å². The molecule has 0 spiro atoms. The quantitative estimate of drug-likeness (QED) is 0.598. The fraction of sp³-hybridized carbons (Fsp3) is 0.733. The first kappa shape index (κ1) is 20.0. The number of aromatic amines is 1. The lowest BCUT2D eigenvalue weighted by molar-refractivity contribution is -0.154. The Morgan fingerprint density at radius 2 is 2.04 bits per heavy atom. The molecule has 0 unspecified atom stereocenters. The summed E-state index contributed by atoms with van der Waals surface area (Å²) in [7, 11) is -2.03. The highest BCUT2D eigenvalue weighted by molar-refractivity contribution is 6.58. The summed E-state index contributed by atoms with van der Waals surface area (Å²) < 4.78 is 26.7. The second-order valence-corrected chi connectivity index (χ2v) is 10.6. The van der Waals surface area contributed by atoms with E-state index in [0.29, 0.717) is 0 Å². The molecule has 0 bridgehead atoms. The van der Waals surface area contributed by atoms with Crippen LogP contribution in [0.2, 0.25) is 13.1 Å². The van der Waals surface area contributed by atoms with Crippen molar-refractivity contribution in [3.63, 3.8) is 0 Å². The van der Waals surface area contributed by atoms with Gasteiger partial charge in [0.05, 0.1) is 27.2 Å². The van der Waals surface area contributed by atoms with Crippen molar-refractivity contribution in [2.24, 2.45) is 0 Å². The predicted molar refractivity (Wildman–Crippen MR) is 90.7 cm³/mol. The van der Waals surface area contributed by atoms with E-state index in [1.807, 2.05) is 18.1 Å². The molecule has 25 heavy (non-hydrogen) atoms. The summed E-state index contributed by atoms with van der Waals surface area (Å²) in [6.07, 6.45) is -2.45. The number of aromatic nitrogens is 2. The van der Waals surface area contributed by atoms with Crippen molar-refractivity contribution in [2.75, 3.05) is 6.61 Å². The molecule has 4 atom stereocenters. The molecule has 1 aliphatic rings. The van der Waals surface area contributed by atoms with Gasteiger partial charge >= 0.3 is 5.69 Å². The lowest BCUT2D eigenvalue weighted by atomic mass is 10.1. The fourth-order valence-electron chi connectivity index (χ4n) is 3.14. The number of halogens is 1. The maximum atomic E-state index is 13.9. The lowest BCUT2D eigenvalue weighted by Gasteiger charge is -2.41. The van der Waals surface area contributed by atoms with Gasteiger partial charge in [0.2, 0.25) is 5.82 Å². The topological polar surface area (TPSA) is 114 Å². The minimum absolute atomic E-state index is 0.491. The smallest absolute Gasteiger partial charge is 0.330 e. The first-order chi connectivity index (χ1) is 11.4. The summed E-state index contributed by atoms with van der Waals surface area (Å²) in [6.45, 7) is 8.52. The van der Waals surface area contributed by atoms with Gasteiger partial charge in [-0.05, 0) is 20.8 Å². The molecular formula is C15H25FN2O6Si. The SMILES string of the molecule is C[SiH](C)[C@@]1(n2cc(F)c(=O)[nH]c2=O)O[C@H](CO)[C@@H](O)[C@H]1OC(C)(C)C. The summed E-state index contributed by atoms with van der Waals surface area (Å²) in [5.74, 6) is -1.14. The van der Waals surface area contributed by atoms with E-state index >= 15 is 0 Å². The Morgan fingerprint density at radius 3 is 2.52 bits per heavy atom. The maximum absolute atomic E-state index is 13.9. The molecule has 0 radical (unpaired) electrons. The summed E-state index contributed by atoms with van der Waals surface area (Å²) in [6, 6.07) is 0. The molecule has 3 N–H and O–H groups in total. The Balaban J connectivity index is 2.73. The van der Waals surface area contributed by atoms with Crippen LogP contribution < -0.4 is 11.2 Å². The molecule has 0 saturated carbocycles. The third kappa shape index (κ3) is 3.49. The van der Waals surface area contributed by atoms with Crippen LogP contribution in [-0.2, 0) is 14.8 Å². The van der Waals surface area contributed by atoms with Gasteiger partial charge in [-0.15, -0.1) is 0 Å². The van der Waals surface area contributed by atoms with Crippen LogP contribution >= 0.6 is 0 Å². The highest BCUT2D eigenvalue weighted by Crippen LogP contribution is 2.40. The number of ether oxygens (including phenoxy) is 2. The molecular weight excluding hydrogens is 351 g/mol. The van der Waals surface area contributed by atoms with Crippen LogP contribution in [0.4, 0.5) is 4.39 Å². The summed E-state index contributed by atoms with van der Waals surface area (Å²) >= 11 is 0. The van der Waals surface area contributed by atoms with Gasteiger partial charge in [-0.1, -0.05) is 13.1 Å². The number of nitrogens with one attached hydrogen (secondary N) is 1. The zero-order chi connectivity index (χ0) is 19.2. The molecule has 0 amide bonds. The largest absolute Gasteiger partial charge is 0.394 e. The molecule has 8 nitrogen and oxygen atoms in total. The van der Waals surface area contributed by atoms with Gasteiger partial charge in [-0.25, -0.2) is 4.79 Å². The molecule has 2 heterocycles. The molecule has 1 saturated heterocycles. The third-order valence-corrected chi connectivity index (χ3v) is 6.60. The molecule has 2 rings (SSSR count). The zero-order valence-corrected chi connectivity index (χ0v) is 16.1. The Bertz CT molecular complexity index is 743. The van der Waals surface area contributed by atoms with Gasteiger partial charge in [0, 0.05) is 0 Å². The Morgan fingerprint density at radius 1 is 1.44 bits per heavy atom. The van der Waals surface area contributed by atoms with Gasteiger partial charge in [-0.3, -0.25) is 14.3 Å². The van der Waals surface area contributed by atoms with Gasteiger partial charge in [-0.2, -0.15) is 4.39 Å². The first-order valence-corrected chi connectivity index (χ1v) is 11.0. The van der Waals surface area contributed by atoms with Crippen molar-refractivity contribution < 1.29 is 24.1 Å². The van der Waals surface area contributed by atoms with Gasteiger partial charge in [0.25, 0.3) is 5.56 Å². The average Bonchev–Trinajstić information content (AvgIpc) is 2.75. The van der Waals surface area contributed by atoms with Crippen LogP contribution in [0.1, 0.15) is 20.8 Å². The third-order valence-electron chi connectivity index (χ3n) is 4.20. The highest BCUT2D eigenvalue weighted by atomic mass is 28.3. The molecule has 1 aromatic heterocycles. The van der Waals surface area contributed by atoms with E-state index in [0.717, 1.165) is 10.8 Å². The van der Waals surface area contributed by atoms with E-state index in [2.05, 4.69) is 0 Å². The minimum Gasteiger partial charge on any atom is -0.394 e. The molecule has 10 heteroatoms. The maximum Gasteiger partial charge on any atom is 0.330 e. The second kappa shape index (κ2) is 6.76. The molecule has 1 aliphatic heterocycles. The van der Waals surface area contributed by atoms with E-state index in [-0.39, 0.29) is 0 Å². The second-order valence-electron chi connectivity index (χ2n) is 7.49. The van der Waals surface area contributed by atoms with E-state index in [1.165, 1.54) is 0 Å². The number of rotatable bonds is 4. The number of hydrogen-bond acceptors (Lipinski definition) is 6. The number of nitrogens with zero attached hydrogens (tertiary/aromatic N) is 1. The van der Waals surface area contributed by atoms with Crippen LogP contribution in [0.25, 0.3) is 0 Å². The Kier molecular flexibility index (Phi) is 5.41. The van der Waals surface area contributed by atoms with Gasteiger partial charge in [0.15, 0.2) is 5.35 Å². The number of aliphatic hydroxyl groups excluding tert-OH is 2. The summed E-state index contributed by atoms with van der Waals surface area (Å²) in [5, 5.41) is 18.7. The van der Waals surface area contributed by atoms with Crippen LogP contribution in [0.15, 0.2) is 15.8 Å². The Labute approximate surface area is 145 Å². The van der Waals surface area contributed by atoms with Crippen LogP contribution in [0, 0.1) is 5.82 Å². The van der Waals surface area contributed by atoms with Gasteiger partial charge < -0.3 is 19.7 Å². The van der Waals surface area contributed by atoms with Crippen LogP contribution in [-0.4, -0.2) is 59.1 Å². The van der Waals surface area contributed by atoms with Crippen molar-refractivity contribution in [2.45, 2.75) is 63.1 Å². The first-order valence-electron chi connectivity index (χ1n) is 8.10. The van der Waals surface area contributed by atoms with Crippen molar-refractivity contribution in [1.82, 2.24) is 9.55 Å². The minimum atomic E-state index is -2.03. The average molecular weight is 376 g/mol. The van der Waals surface area contributed by atoms with Crippen LogP contribution in [0.5, 0.6) is 0 Å². The molecule has 142 valence electrons. The normalized spacial score (nSPS) is 30.2.